The van der Waals surface area contributed by atoms with E-state index >= 15 is 0 Å². The predicted molar refractivity (Wildman–Crippen MR) is 80.8 cm³/mol. The molecular weight excluding hydrogens is 292 g/mol. The highest BCUT2D eigenvalue weighted by atomic mass is 32.2. The van der Waals surface area contributed by atoms with Crippen molar-refractivity contribution < 1.29 is 18.3 Å². The lowest BCUT2D eigenvalue weighted by molar-refractivity contribution is 0.0759. The molecule has 1 aromatic rings. The summed E-state index contributed by atoms with van der Waals surface area (Å²) in [4.78, 5) is 1.96. The number of hydrogen-bond donors (Lipinski definition) is 2. The SMILES string of the molecule is CNS(=O)(=O)C1CCN(CC(O)COc2ccccc2)C1. The van der Waals surface area contributed by atoms with Crippen LogP contribution in [0, 0.1) is 0 Å². The van der Waals surface area contributed by atoms with Gasteiger partial charge in [0.2, 0.25) is 10.0 Å². The highest BCUT2D eigenvalue weighted by Gasteiger charge is 2.32. The smallest absolute Gasteiger partial charge is 0.215 e. The third kappa shape index (κ3) is 4.67. The molecule has 1 fully saturated rings. The Hall–Kier alpha value is -1.15. The van der Waals surface area contributed by atoms with Gasteiger partial charge in [0.05, 0.1) is 5.25 Å². The Morgan fingerprint density at radius 3 is 2.81 bits per heavy atom. The van der Waals surface area contributed by atoms with Gasteiger partial charge in [0, 0.05) is 13.1 Å². The summed E-state index contributed by atoms with van der Waals surface area (Å²) in [5.74, 6) is 0.716. The zero-order chi connectivity index (χ0) is 15.3. The quantitative estimate of drug-likeness (QED) is 0.743. The molecule has 0 radical (unpaired) electrons. The normalized spacial score (nSPS) is 21.3. The summed E-state index contributed by atoms with van der Waals surface area (Å²) in [7, 11) is -1.80. The van der Waals surface area contributed by atoms with Crippen molar-refractivity contribution in [3.8, 4) is 5.75 Å². The molecule has 0 saturated carbocycles. The number of likely N-dealkylation sites (tertiary alicyclic amines) is 1. The van der Waals surface area contributed by atoms with Crippen LogP contribution in [0.3, 0.4) is 0 Å². The van der Waals surface area contributed by atoms with Crippen molar-refractivity contribution in [3.63, 3.8) is 0 Å². The van der Waals surface area contributed by atoms with Crippen LogP contribution in [0.15, 0.2) is 30.3 Å². The fraction of sp³-hybridized carbons (Fsp3) is 0.571. The van der Waals surface area contributed by atoms with Crippen LogP contribution in [-0.4, -0.2) is 63.1 Å². The molecule has 7 heteroatoms. The van der Waals surface area contributed by atoms with E-state index in [9.17, 15) is 13.5 Å². The molecule has 1 saturated heterocycles. The molecule has 1 heterocycles. The van der Waals surface area contributed by atoms with Crippen LogP contribution in [0.5, 0.6) is 5.75 Å². The van der Waals surface area contributed by atoms with Crippen LogP contribution >= 0.6 is 0 Å². The number of aliphatic hydroxyl groups excluding tert-OH is 1. The minimum absolute atomic E-state index is 0.198. The Balaban J connectivity index is 1.75. The molecule has 118 valence electrons. The van der Waals surface area contributed by atoms with Crippen LogP contribution in [0.1, 0.15) is 6.42 Å². The van der Waals surface area contributed by atoms with E-state index in [2.05, 4.69) is 4.72 Å². The number of para-hydroxylation sites is 1. The van der Waals surface area contributed by atoms with Gasteiger partial charge >= 0.3 is 0 Å². The average Bonchev–Trinajstić information content (AvgIpc) is 2.95. The standard InChI is InChI=1S/C14H22N2O4S/c1-15-21(18,19)14-7-8-16(10-14)9-12(17)11-20-13-5-3-2-4-6-13/h2-6,12,14-15,17H,7-11H2,1H3. The third-order valence-corrected chi connectivity index (χ3v) is 5.44. The van der Waals surface area contributed by atoms with E-state index in [1.54, 1.807) is 0 Å². The van der Waals surface area contributed by atoms with E-state index in [4.69, 9.17) is 4.74 Å². The Labute approximate surface area is 125 Å². The summed E-state index contributed by atoms with van der Waals surface area (Å²) >= 11 is 0. The Morgan fingerprint density at radius 1 is 1.43 bits per heavy atom. The molecule has 0 spiro atoms. The first-order valence-electron chi connectivity index (χ1n) is 7.02. The lowest BCUT2D eigenvalue weighted by atomic mass is 10.3. The second-order valence-electron chi connectivity index (χ2n) is 5.20. The first kappa shape index (κ1) is 16.2. The number of rotatable bonds is 7. The van der Waals surface area contributed by atoms with Crippen molar-refractivity contribution in [2.24, 2.45) is 0 Å². The van der Waals surface area contributed by atoms with Crippen molar-refractivity contribution in [3.05, 3.63) is 30.3 Å². The van der Waals surface area contributed by atoms with Crippen molar-refractivity contribution in [2.45, 2.75) is 17.8 Å². The highest BCUT2D eigenvalue weighted by molar-refractivity contribution is 7.90. The van der Waals surface area contributed by atoms with Crippen molar-refractivity contribution in [1.29, 1.82) is 0 Å². The van der Waals surface area contributed by atoms with E-state index < -0.39 is 21.4 Å². The third-order valence-electron chi connectivity index (χ3n) is 3.61. The second-order valence-corrected chi connectivity index (χ2v) is 7.36. The zero-order valence-corrected chi connectivity index (χ0v) is 12.9. The van der Waals surface area contributed by atoms with Gasteiger partial charge in [-0.25, -0.2) is 13.1 Å². The van der Waals surface area contributed by atoms with Crippen molar-refractivity contribution in [2.75, 3.05) is 33.3 Å². The van der Waals surface area contributed by atoms with Gasteiger partial charge in [0.25, 0.3) is 0 Å². The molecule has 6 nitrogen and oxygen atoms in total. The van der Waals surface area contributed by atoms with E-state index in [1.165, 1.54) is 7.05 Å². The van der Waals surface area contributed by atoms with Gasteiger partial charge in [-0.15, -0.1) is 0 Å². The fourth-order valence-electron chi connectivity index (χ4n) is 2.44. The van der Waals surface area contributed by atoms with Crippen LogP contribution in [-0.2, 0) is 10.0 Å². The van der Waals surface area contributed by atoms with Crippen LogP contribution in [0.25, 0.3) is 0 Å². The van der Waals surface area contributed by atoms with Crippen molar-refractivity contribution >= 4 is 10.0 Å². The molecule has 0 amide bonds. The van der Waals surface area contributed by atoms with Gasteiger partial charge in [-0.05, 0) is 32.1 Å². The van der Waals surface area contributed by atoms with E-state index in [-0.39, 0.29) is 6.61 Å². The number of hydrogen-bond acceptors (Lipinski definition) is 5. The minimum Gasteiger partial charge on any atom is -0.491 e. The fourth-order valence-corrected chi connectivity index (χ4v) is 3.60. The second kappa shape index (κ2) is 7.22. The maximum absolute atomic E-state index is 11.7. The molecule has 1 aromatic carbocycles. The van der Waals surface area contributed by atoms with E-state index in [1.807, 2.05) is 35.2 Å². The first-order valence-corrected chi connectivity index (χ1v) is 8.56. The largest absolute Gasteiger partial charge is 0.491 e. The molecule has 0 aromatic heterocycles. The molecule has 0 bridgehead atoms. The Morgan fingerprint density at radius 2 is 2.14 bits per heavy atom. The summed E-state index contributed by atoms with van der Waals surface area (Å²) in [6.07, 6.45) is -0.0450. The number of benzene rings is 1. The molecule has 2 N–H and O–H groups in total. The zero-order valence-electron chi connectivity index (χ0n) is 12.1. The highest BCUT2D eigenvalue weighted by Crippen LogP contribution is 2.16. The van der Waals surface area contributed by atoms with Crippen LogP contribution in [0.2, 0.25) is 0 Å². The van der Waals surface area contributed by atoms with Crippen LogP contribution < -0.4 is 9.46 Å². The summed E-state index contributed by atoms with van der Waals surface area (Å²) in [5.41, 5.74) is 0. The number of nitrogens with one attached hydrogen (secondary N) is 1. The predicted octanol–water partition coefficient (Wildman–Crippen LogP) is 0.0498. The number of aliphatic hydroxyl groups is 1. The van der Waals surface area contributed by atoms with Gasteiger partial charge < -0.3 is 9.84 Å². The Kier molecular flexibility index (Phi) is 5.58. The van der Waals surface area contributed by atoms with Gasteiger partial charge in [0.15, 0.2) is 0 Å². The maximum Gasteiger partial charge on any atom is 0.215 e. The molecule has 2 rings (SSSR count). The summed E-state index contributed by atoms with van der Waals surface area (Å²) < 4.78 is 31.3. The monoisotopic (exact) mass is 314 g/mol. The number of sulfonamides is 1. The topological polar surface area (TPSA) is 78.9 Å². The van der Waals surface area contributed by atoms with Crippen LogP contribution in [0.4, 0.5) is 0 Å². The van der Waals surface area contributed by atoms with Crippen molar-refractivity contribution in [1.82, 2.24) is 9.62 Å². The Bertz CT molecular complexity index is 535. The molecular formula is C14H22N2O4S. The molecule has 21 heavy (non-hydrogen) atoms. The van der Waals surface area contributed by atoms with Gasteiger partial charge in [-0.1, -0.05) is 18.2 Å². The number of β-amino-alcohol motifs (C(OH)–C–C–N with tert-alkyl or cyclic N) is 1. The summed E-state index contributed by atoms with van der Waals surface area (Å²) in [6, 6.07) is 9.30. The molecule has 1 aliphatic heterocycles. The summed E-state index contributed by atoms with van der Waals surface area (Å²) in [6.45, 7) is 1.74. The number of nitrogens with zero attached hydrogens (tertiary/aromatic N) is 1. The lowest BCUT2D eigenvalue weighted by Gasteiger charge is -2.20. The molecule has 2 unspecified atom stereocenters. The molecule has 0 aliphatic carbocycles. The average molecular weight is 314 g/mol. The van der Waals surface area contributed by atoms with E-state index in [0.29, 0.717) is 31.8 Å². The van der Waals surface area contributed by atoms with E-state index in [0.717, 1.165) is 0 Å². The lowest BCUT2D eigenvalue weighted by Crippen LogP contribution is -2.37. The molecule has 2 atom stereocenters. The minimum atomic E-state index is -3.23. The maximum atomic E-state index is 11.7. The van der Waals surface area contributed by atoms with Gasteiger partial charge in [-0.2, -0.15) is 0 Å². The number of ether oxygens (including phenoxy) is 1. The molecule has 1 aliphatic rings. The van der Waals surface area contributed by atoms with Gasteiger partial charge in [-0.3, -0.25) is 4.90 Å². The van der Waals surface area contributed by atoms with Gasteiger partial charge in [0.1, 0.15) is 18.5 Å². The summed E-state index contributed by atoms with van der Waals surface area (Å²) in [5, 5.41) is 9.59. The first-order chi connectivity index (χ1) is 10.0.